The maximum Gasteiger partial charge on any atom is 0.226 e. The third-order valence-electron chi connectivity index (χ3n) is 3.96. The van der Waals surface area contributed by atoms with E-state index in [0.29, 0.717) is 11.9 Å². The predicted octanol–water partition coefficient (Wildman–Crippen LogP) is 1.17. The first-order valence-electron chi connectivity index (χ1n) is 7.33. The number of hydrogen-bond acceptors (Lipinski definition) is 3. The van der Waals surface area contributed by atoms with E-state index >= 15 is 0 Å². The van der Waals surface area contributed by atoms with E-state index in [1.165, 1.54) is 6.42 Å². The molecule has 0 radical (unpaired) electrons. The van der Waals surface area contributed by atoms with Crippen molar-refractivity contribution in [2.45, 2.75) is 40.2 Å². The van der Waals surface area contributed by atoms with Gasteiger partial charge in [0.15, 0.2) is 0 Å². The first kappa shape index (κ1) is 15.4. The summed E-state index contributed by atoms with van der Waals surface area (Å²) in [7, 11) is 0. The molecule has 18 heavy (non-hydrogen) atoms. The van der Waals surface area contributed by atoms with Gasteiger partial charge in [-0.3, -0.25) is 9.69 Å². The molecule has 1 rings (SSSR count). The molecule has 2 atom stereocenters. The Morgan fingerprint density at radius 1 is 1.17 bits per heavy atom. The molecule has 1 fully saturated rings. The molecular weight excluding hydrogens is 226 g/mol. The first-order valence-corrected chi connectivity index (χ1v) is 7.33. The number of hydrogen-bond donors (Lipinski definition) is 1. The van der Waals surface area contributed by atoms with E-state index in [0.717, 1.165) is 39.3 Å². The summed E-state index contributed by atoms with van der Waals surface area (Å²) < 4.78 is 0. The lowest BCUT2D eigenvalue weighted by atomic mass is 10.1. The summed E-state index contributed by atoms with van der Waals surface area (Å²) in [5.74, 6) is 0.403. The van der Waals surface area contributed by atoms with E-state index in [4.69, 9.17) is 0 Å². The van der Waals surface area contributed by atoms with Gasteiger partial charge in [-0.2, -0.15) is 0 Å². The molecule has 1 heterocycles. The molecule has 1 aliphatic rings. The quantitative estimate of drug-likeness (QED) is 0.774. The second-order valence-electron chi connectivity index (χ2n) is 5.33. The Labute approximate surface area is 112 Å². The van der Waals surface area contributed by atoms with Crippen LogP contribution in [0, 0.1) is 5.92 Å². The van der Waals surface area contributed by atoms with Crippen LogP contribution in [0.25, 0.3) is 0 Å². The van der Waals surface area contributed by atoms with E-state index < -0.39 is 0 Å². The predicted molar refractivity (Wildman–Crippen MR) is 75.6 cm³/mol. The molecule has 1 amide bonds. The Bertz CT molecular complexity index is 249. The van der Waals surface area contributed by atoms with Crippen LogP contribution in [0.2, 0.25) is 0 Å². The largest absolute Gasteiger partial charge is 0.340 e. The SMILES string of the molecule is CCNCC(C)C(=O)N1CCN(C(C)CC)CC1. The highest BCUT2D eigenvalue weighted by Gasteiger charge is 2.25. The van der Waals surface area contributed by atoms with Gasteiger partial charge in [0, 0.05) is 44.7 Å². The van der Waals surface area contributed by atoms with Crippen LogP contribution in [0.3, 0.4) is 0 Å². The zero-order valence-electron chi connectivity index (χ0n) is 12.4. The molecule has 0 aliphatic carbocycles. The van der Waals surface area contributed by atoms with Gasteiger partial charge in [0.25, 0.3) is 0 Å². The van der Waals surface area contributed by atoms with Crippen molar-refractivity contribution in [1.29, 1.82) is 0 Å². The summed E-state index contributed by atoms with van der Waals surface area (Å²) in [6, 6.07) is 0.640. The molecule has 0 spiro atoms. The van der Waals surface area contributed by atoms with Crippen LogP contribution in [0.1, 0.15) is 34.1 Å². The number of rotatable bonds is 6. The molecule has 4 nitrogen and oxygen atoms in total. The number of nitrogens with zero attached hydrogens (tertiary/aromatic N) is 2. The minimum atomic E-state index is 0.0973. The minimum Gasteiger partial charge on any atom is -0.340 e. The molecule has 0 aromatic heterocycles. The molecule has 0 aromatic rings. The number of carbonyl (C=O) groups excluding carboxylic acids is 1. The second-order valence-corrected chi connectivity index (χ2v) is 5.33. The van der Waals surface area contributed by atoms with Crippen molar-refractivity contribution in [3.05, 3.63) is 0 Å². The second kappa shape index (κ2) is 7.74. The molecule has 0 saturated carbocycles. The monoisotopic (exact) mass is 255 g/mol. The van der Waals surface area contributed by atoms with Gasteiger partial charge in [-0.1, -0.05) is 20.8 Å². The zero-order chi connectivity index (χ0) is 13.5. The Balaban J connectivity index is 2.35. The van der Waals surface area contributed by atoms with Crippen LogP contribution in [0.15, 0.2) is 0 Å². The van der Waals surface area contributed by atoms with Gasteiger partial charge >= 0.3 is 0 Å². The smallest absolute Gasteiger partial charge is 0.226 e. The van der Waals surface area contributed by atoms with E-state index in [1.54, 1.807) is 0 Å². The van der Waals surface area contributed by atoms with Crippen molar-refractivity contribution in [2.24, 2.45) is 5.92 Å². The number of amides is 1. The van der Waals surface area contributed by atoms with Gasteiger partial charge in [0.2, 0.25) is 5.91 Å². The minimum absolute atomic E-state index is 0.0973. The fraction of sp³-hybridized carbons (Fsp3) is 0.929. The van der Waals surface area contributed by atoms with Crippen LogP contribution in [-0.4, -0.2) is 61.0 Å². The molecule has 4 heteroatoms. The first-order chi connectivity index (χ1) is 8.60. The standard InChI is InChI=1S/C14H29N3O/c1-5-13(4)16-7-9-17(10-8-16)14(18)12(3)11-15-6-2/h12-13,15H,5-11H2,1-4H3. The molecular formula is C14H29N3O. The lowest BCUT2D eigenvalue weighted by Crippen LogP contribution is -2.53. The molecule has 0 bridgehead atoms. The molecule has 1 N–H and O–H groups in total. The fourth-order valence-corrected chi connectivity index (χ4v) is 2.40. The van der Waals surface area contributed by atoms with Crippen LogP contribution < -0.4 is 5.32 Å². The van der Waals surface area contributed by atoms with E-state index in [-0.39, 0.29) is 5.92 Å². The van der Waals surface area contributed by atoms with Crippen LogP contribution in [0.5, 0.6) is 0 Å². The van der Waals surface area contributed by atoms with Gasteiger partial charge in [-0.05, 0) is 19.9 Å². The third-order valence-corrected chi connectivity index (χ3v) is 3.96. The Hall–Kier alpha value is -0.610. The summed E-state index contributed by atoms with van der Waals surface area (Å²) in [4.78, 5) is 16.7. The third kappa shape index (κ3) is 4.25. The molecule has 1 saturated heterocycles. The van der Waals surface area contributed by atoms with Crippen molar-refractivity contribution in [3.8, 4) is 0 Å². The lowest BCUT2D eigenvalue weighted by molar-refractivity contribution is -0.136. The zero-order valence-corrected chi connectivity index (χ0v) is 12.4. The van der Waals surface area contributed by atoms with E-state index in [9.17, 15) is 4.79 Å². The highest BCUT2D eigenvalue weighted by atomic mass is 16.2. The average molecular weight is 255 g/mol. The Kier molecular flexibility index (Phi) is 6.65. The van der Waals surface area contributed by atoms with Gasteiger partial charge in [-0.25, -0.2) is 0 Å². The summed E-state index contributed by atoms with van der Waals surface area (Å²) in [5.41, 5.74) is 0. The van der Waals surface area contributed by atoms with Gasteiger partial charge in [0.05, 0.1) is 0 Å². The molecule has 0 aromatic carbocycles. The summed E-state index contributed by atoms with van der Waals surface area (Å²) in [6.45, 7) is 14.1. The van der Waals surface area contributed by atoms with Crippen molar-refractivity contribution < 1.29 is 4.79 Å². The van der Waals surface area contributed by atoms with Crippen molar-refractivity contribution >= 4 is 5.91 Å². The fourth-order valence-electron chi connectivity index (χ4n) is 2.40. The highest BCUT2D eigenvalue weighted by Crippen LogP contribution is 2.11. The van der Waals surface area contributed by atoms with Crippen LogP contribution >= 0.6 is 0 Å². The van der Waals surface area contributed by atoms with E-state index in [1.807, 2.05) is 11.8 Å². The number of carbonyl (C=O) groups is 1. The highest BCUT2D eigenvalue weighted by molar-refractivity contribution is 5.78. The van der Waals surface area contributed by atoms with Crippen molar-refractivity contribution in [2.75, 3.05) is 39.3 Å². The Morgan fingerprint density at radius 2 is 1.78 bits per heavy atom. The van der Waals surface area contributed by atoms with Crippen molar-refractivity contribution in [1.82, 2.24) is 15.1 Å². The Morgan fingerprint density at radius 3 is 2.28 bits per heavy atom. The van der Waals surface area contributed by atoms with Gasteiger partial charge in [0.1, 0.15) is 0 Å². The van der Waals surface area contributed by atoms with Crippen molar-refractivity contribution in [3.63, 3.8) is 0 Å². The molecule has 2 unspecified atom stereocenters. The summed E-state index contributed by atoms with van der Waals surface area (Å²) in [5, 5.41) is 3.25. The molecule has 1 aliphatic heterocycles. The van der Waals surface area contributed by atoms with Crippen LogP contribution in [0.4, 0.5) is 0 Å². The average Bonchev–Trinajstić information content (AvgIpc) is 2.43. The van der Waals surface area contributed by atoms with Crippen LogP contribution in [-0.2, 0) is 4.79 Å². The summed E-state index contributed by atoms with van der Waals surface area (Å²) >= 11 is 0. The maximum atomic E-state index is 12.2. The lowest BCUT2D eigenvalue weighted by Gasteiger charge is -2.38. The topological polar surface area (TPSA) is 35.6 Å². The maximum absolute atomic E-state index is 12.2. The van der Waals surface area contributed by atoms with Gasteiger partial charge in [-0.15, -0.1) is 0 Å². The summed E-state index contributed by atoms with van der Waals surface area (Å²) in [6.07, 6.45) is 1.19. The number of piperazine rings is 1. The van der Waals surface area contributed by atoms with Gasteiger partial charge < -0.3 is 10.2 Å². The number of nitrogens with one attached hydrogen (secondary N) is 1. The molecule has 106 valence electrons. The normalized spacial score (nSPS) is 20.8. The van der Waals surface area contributed by atoms with E-state index in [2.05, 4.69) is 31.0 Å².